The highest BCUT2D eigenvalue weighted by molar-refractivity contribution is 7.99. The van der Waals surface area contributed by atoms with E-state index in [2.05, 4.69) is 10.1 Å². The van der Waals surface area contributed by atoms with Crippen LogP contribution in [-0.2, 0) is 6.18 Å². The normalized spacial score (nSPS) is 14.3. The average Bonchev–Trinajstić information content (AvgIpc) is 2.42. The summed E-state index contributed by atoms with van der Waals surface area (Å²) in [5.74, 6) is -0.483. The number of halogens is 3. The van der Waals surface area contributed by atoms with Gasteiger partial charge in [0.15, 0.2) is 5.84 Å². The van der Waals surface area contributed by atoms with Crippen LogP contribution in [0.15, 0.2) is 22.3 Å². The maximum atomic E-state index is 12.6. The van der Waals surface area contributed by atoms with E-state index in [-0.39, 0.29) is 16.3 Å². The molecule has 0 saturated carbocycles. The molecule has 0 saturated heterocycles. The first kappa shape index (κ1) is 16.5. The first-order valence-electron chi connectivity index (χ1n) is 5.27. The van der Waals surface area contributed by atoms with Crippen LogP contribution in [0, 0.1) is 0 Å². The van der Waals surface area contributed by atoms with Crippen LogP contribution in [0.4, 0.5) is 13.2 Å². The summed E-state index contributed by atoms with van der Waals surface area (Å²) in [7, 11) is 0. The van der Waals surface area contributed by atoms with Crippen LogP contribution in [0.2, 0.25) is 0 Å². The monoisotopic (exact) mass is 311 g/mol. The van der Waals surface area contributed by atoms with Gasteiger partial charge in [0.2, 0.25) is 0 Å². The molecule has 1 aromatic rings. The van der Waals surface area contributed by atoms with Gasteiger partial charge in [0, 0.05) is 5.75 Å². The van der Waals surface area contributed by atoms with Crippen molar-refractivity contribution in [2.24, 2.45) is 10.9 Å². The van der Waals surface area contributed by atoms with E-state index in [0.29, 0.717) is 6.07 Å². The number of thioether (sulfide) groups is 1. The van der Waals surface area contributed by atoms with Gasteiger partial charge in [-0.15, -0.1) is 11.8 Å². The second kappa shape index (κ2) is 6.77. The Bertz CT molecular complexity index is 496. The second-order valence-corrected chi connectivity index (χ2v) is 4.69. The minimum atomic E-state index is -4.63. The van der Waals surface area contributed by atoms with Gasteiger partial charge in [-0.1, -0.05) is 5.16 Å². The average molecular weight is 311 g/mol. The van der Waals surface area contributed by atoms with Crippen LogP contribution in [-0.4, -0.2) is 44.7 Å². The third kappa shape index (κ3) is 4.25. The van der Waals surface area contributed by atoms with Crippen LogP contribution < -0.4 is 5.73 Å². The lowest BCUT2D eigenvalue weighted by Gasteiger charge is -2.12. The van der Waals surface area contributed by atoms with Crippen molar-refractivity contribution in [3.05, 3.63) is 23.4 Å². The summed E-state index contributed by atoms with van der Waals surface area (Å²) < 4.78 is 37.7. The maximum Gasteiger partial charge on any atom is 0.433 e. The lowest BCUT2D eigenvalue weighted by molar-refractivity contribution is -0.141. The molecular weight excluding hydrogens is 299 g/mol. The van der Waals surface area contributed by atoms with Crippen molar-refractivity contribution in [1.82, 2.24) is 4.98 Å². The van der Waals surface area contributed by atoms with Gasteiger partial charge in [-0.05, 0) is 12.1 Å². The van der Waals surface area contributed by atoms with Crippen molar-refractivity contribution < 1.29 is 28.6 Å². The summed E-state index contributed by atoms with van der Waals surface area (Å²) in [6.07, 6.45) is -5.74. The molecule has 10 heteroatoms. The van der Waals surface area contributed by atoms with Gasteiger partial charge < -0.3 is 21.2 Å². The summed E-state index contributed by atoms with van der Waals surface area (Å²) in [4.78, 5) is 3.39. The molecule has 1 aromatic heterocycles. The Balaban J connectivity index is 3.13. The van der Waals surface area contributed by atoms with Gasteiger partial charge in [0.1, 0.15) is 10.7 Å². The molecular formula is C10H12F3N3O3S. The number of amidine groups is 1. The van der Waals surface area contributed by atoms with Crippen LogP contribution >= 0.6 is 11.8 Å². The maximum absolute atomic E-state index is 12.6. The molecule has 1 heterocycles. The SMILES string of the molecule is NC(=NO)c1ccc(C(F)(F)F)nc1SCC(O)CO. The summed E-state index contributed by atoms with van der Waals surface area (Å²) in [6, 6.07) is 1.73. The van der Waals surface area contributed by atoms with E-state index < -0.39 is 30.4 Å². The largest absolute Gasteiger partial charge is 0.433 e. The summed E-state index contributed by atoms with van der Waals surface area (Å²) in [6.45, 7) is -0.537. The fraction of sp³-hybridized carbons (Fsp3) is 0.400. The predicted octanol–water partition coefficient (Wildman–Crippen LogP) is 0.640. The molecule has 0 aliphatic carbocycles. The zero-order valence-corrected chi connectivity index (χ0v) is 10.8. The molecule has 0 amide bonds. The molecule has 5 N–H and O–H groups in total. The van der Waals surface area contributed by atoms with Crippen molar-refractivity contribution in [2.45, 2.75) is 17.3 Å². The Kier molecular flexibility index (Phi) is 5.60. The summed E-state index contributed by atoms with van der Waals surface area (Å²) in [5.41, 5.74) is 4.22. The van der Waals surface area contributed by atoms with Gasteiger partial charge in [0.05, 0.1) is 18.3 Å². The molecule has 1 atom stereocenters. The number of nitrogens with two attached hydrogens (primary N) is 1. The minimum absolute atomic E-state index is 0.00985. The Labute approximate surface area is 116 Å². The lowest BCUT2D eigenvalue weighted by Crippen LogP contribution is -2.19. The van der Waals surface area contributed by atoms with Crippen LogP contribution in [0.3, 0.4) is 0 Å². The number of nitrogens with zero attached hydrogens (tertiary/aromatic N) is 2. The number of pyridine rings is 1. The van der Waals surface area contributed by atoms with Crippen molar-refractivity contribution in [1.29, 1.82) is 0 Å². The zero-order valence-electron chi connectivity index (χ0n) is 10.0. The highest BCUT2D eigenvalue weighted by Crippen LogP contribution is 2.31. The highest BCUT2D eigenvalue weighted by atomic mass is 32.2. The molecule has 112 valence electrons. The van der Waals surface area contributed by atoms with Gasteiger partial charge in [0.25, 0.3) is 0 Å². The summed E-state index contributed by atoms with van der Waals surface area (Å²) in [5, 5.41) is 29.0. The quantitative estimate of drug-likeness (QED) is 0.209. The van der Waals surface area contributed by atoms with Crippen LogP contribution in [0.5, 0.6) is 0 Å². The molecule has 6 nitrogen and oxygen atoms in total. The molecule has 0 spiro atoms. The molecule has 1 rings (SSSR count). The highest BCUT2D eigenvalue weighted by Gasteiger charge is 2.33. The van der Waals surface area contributed by atoms with E-state index in [1.165, 1.54) is 0 Å². The third-order valence-electron chi connectivity index (χ3n) is 2.16. The molecule has 1 unspecified atom stereocenters. The topological polar surface area (TPSA) is 112 Å². The van der Waals surface area contributed by atoms with E-state index in [0.717, 1.165) is 17.8 Å². The predicted molar refractivity (Wildman–Crippen MR) is 65.6 cm³/mol. The van der Waals surface area contributed by atoms with Crippen molar-refractivity contribution >= 4 is 17.6 Å². The Morgan fingerprint density at radius 1 is 1.45 bits per heavy atom. The van der Waals surface area contributed by atoms with Crippen LogP contribution in [0.25, 0.3) is 0 Å². The molecule has 0 aliphatic heterocycles. The van der Waals surface area contributed by atoms with E-state index in [9.17, 15) is 18.3 Å². The minimum Gasteiger partial charge on any atom is -0.409 e. The summed E-state index contributed by atoms with van der Waals surface area (Å²) >= 11 is 0.761. The number of aliphatic hydroxyl groups excluding tert-OH is 2. The molecule has 0 fully saturated rings. The number of rotatable bonds is 5. The number of alkyl halides is 3. The molecule has 0 aliphatic rings. The van der Waals surface area contributed by atoms with Crippen molar-refractivity contribution in [2.75, 3.05) is 12.4 Å². The smallest absolute Gasteiger partial charge is 0.409 e. The van der Waals surface area contributed by atoms with Crippen molar-refractivity contribution in [3.63, 3.8) is 0 Å². The van der Waals surface area contributed by atoms with Gasteiger partial charge >= 0.3 is 6.18 Å². The lowest BCUT2D eigenvalue weighted by atomic mass is 10.2. The second-order valence-electron chi connectivity index (χ2n) is 3.68. The molecule has 0 radical (unpaired) electrons. The van der Waals surface area contributed by atoms with Gasteiger partial charge in [-0.3, -0.25) is 0 Å². The van der Waals surface area contributed by atoms with E-state index in [1.54, 1.807) is 0 Å². The third-order valence-corrected chi connectivity index (χ3v) is 3.29. The Morgan fingerprint density at radius 2 is 2.10 bits per heavy atom. The van der Waals surface area contributed by atoms with Crippen molar-refractivity contribution in [3.8, 4) is 0 Å². The number of hydrogen-bond acceptors (Lipinski definition) is 6. The van der Waals surface area contributed by atoms with E-state index in [4.69, 9.17) is 16.0 Å². The number of oxime groups is 1. The van der Waals surface area contributed by atoms with Gasteiger partial charge in [-0.2, -0.15) is 13.2 Å². The first-order valence-corrected chi connectivity index (χ1v) is 6.26. The van der Waals surface area contributed by atoms with Gasteiger partial charge in [-0.25, -0.2) is 4.98 Å². The molecule has 0 aromatic carbocycles. The Hall–Kier alpha value is -1.52. The fourth-order valence-corrected chi connectivity index (χ4v) is 2.13. The Morgan fingerprint density at radius 3 is 2.60 bits per heavy atom. The first-order chi connectivity index (χ1) is 9.29. The zero-order chi connectivity index (χ0) is 15.3. The van der Waals surface area contributed by atoms with Crippen LogP contribution in [0.1, 0.15) is 11.3 Å². The van der Waals surface area contributed by atoms with E-state index in [1.807, 2.05) is 0 Å². The standard InChI is InChI=1S/C10H12F3N3O3S/c11-10(12,13)7-2-1-6(8(14)16-19)9(15-7)20-4-5(18)3-17/h1-2,5,17-19H,3-4H2,(H2,14,16). The number of hydrogen-bond donors (Lipinski definition) is 4. The molecule has 20 heavy (non-hydrogen) atoms. The fourth-order valence-electron chi connectivity index (χ4n) is 1.18. The molecule has 0 bridgehead atoms. The number of aliphatic hydroxyl groups is 2. The number of aromatic nitrogens is 1. The van der Waals surface area contributed by atoms with E-state index >= 15 is 0 Å².